The van der Waals surface area contributed by atoms with Gasteiger partial charge in [0.15, 0.2) is 0 Å². The molecule has 0 radical (unpaired) electrons. The van der Waals surface area contributed by atoms with Gasteiger partial charge >= 0.3 is 0 Å². The van der Waals surface area contributed by atoms with Gasteiger partial charge in [-0.1, -0.05) is 23.7 Å². The van der Waals surface area contributed by atoms with Gasteiger partial charge in [-0.2, -0.15) is 0 Å². The molecule has 1 aliphatic heterocycles. The molecule has 158 valence electrons. The quantitative estimate of drug-likeness (QED) is 0.368. The Bertz CT molecular complexity index is 1430. The molecule has 7 heteroatoms. The molecule has 0 amide bonds. The summed E-state index contributed by atoms with van der Waals surface area (Å²) in [5.74, 6) is 0.512. The van der Waals surface area contributed by atoms with Gasteiger partial charge in [-0.05, 0) is 68.4 Å². The summed E-state index contributed by atoms with van der Waals surface area (Å²) in [4.78, 5) is 18.4. The minimum atomic E-state index is 0.113. The second-order valence-corrected chi connectivity index (χ2v) is 8.13. The van der Waals surface area contributed by atoms with Crippen molar-refractivity contribution in [3.63, 3.8) is 0 Å². The van der Waals surface area contributed by atoms with Gasteiger partial charge in [-0.15, -0.1) is 0 Å². The van der Waals surface area contributed by atoms with E-state index in [2.05, 4.69) is 45.8 Å². The highest BCUT2D eigenvalue weighted by atomic mass is 35.5. The maximum Gasteiger partial charge on any atom is 0.227 e. The highest BCUT2D eigenvalue weighted by Crippen LogP contribution is 2.30. The number of para-hydroxylation sites is 2. The average Bonchev–Trinajstić information content (AvgIpc) is 2.79. The Hall–Kier alpha value is -3.77. The predicted molar refractivity (Wildman–Crippen MR) is 129 cm³/mol. The molecule has 1 N–H and O–H groups in total. The van der Waals surface area contributed by atoms with Gasteiger partial charge in [0.2, 0.25) is 5.95 Å². The van der Waals surface area contributed by atoms with E-state index in [0.29, 0.717) is 11.0 Å². The maximum absolute atomic E-state index is 6.16. The number of nitrogens with zero attached hydrogens (tertiary/aromatic N) is 5. The molecular weight excluding hydrogens is 420 g/mol. The maximum atomic E-state index is 6.16. The number of fused-ring (bicyclic) bond motifs is 2. The number of anilines is 2. The van der Waals surface area contributed by atoms with Crippen molar-refractivity contribution in [2.24, 2.45) is 4.99 Å². The molecule has 2 aromatic carbocycles. The number of hydrogen-bond acceptors (Lipinski definition) is 5. The number of halogens is 1. The first kappa shape index (κ1) is 20.2. The summed E-state index contributed by atoms with van der Waals surface area (Å²) in [6.07, 6.45) is 3.41. The summed E-state index contributed by atoms with van der Waals surface area (Å²) < 4.78 is 2.19. The average molecular weight is 441 g/mol. The Labute approximate surface area is 190 Å². The Morgan fingerprint density at radius 3 is 2.44 bits per heavy atom. The molecule has 0 bridgehead atoms. The molecule has 0 saturated heterocycles. The van der Waals surface area contributed by atoms with Gasteiger partial charge in [-0.25, -0.2) is 15.0 Å². The lowest BCUT2D eigenvalue weighted by Crippen LogP contribution is -2.17. The zero-order chi connectivity index (χ0) is 22.1. The fraction of sp³-hybridized carbons (Fsp3) is 0.120. The number of nitrogens with one attached hydrogen (secondary N) is 1. The van der Waals surface area contributed by atoms with Crippen LogP contribution in [0.1, 0.15) is 13.8 Å². The van der Waals surface area contributed by atoms with Crippen LogP contribution in [-0.2, 0) is 0 Å². The standard InChI is InChI=1S/C25H21ClN6/c1-16(2)29-21-15-24-22(14-20(21)31-25-27-12-5-13-28-25)30-19-6-3-4-7-23(19)32(24)18-10-8-17(26)9-11-18/h3-16H,1-2H3,(H,27,28,31)/b29-21+. The van der Waals surface area contributed by atoms with E-state index in [1.807, 2.05) is 48.5 Å². The Kier molecular flexibility index (Phi) is 5.29. The Balaban J connectivity index is 1.83. The zero-order valence-electron chi connectivity index (χ0n) is 17.7. The largest absolute Gasteiger partial charge is 0.322 e. The highest BCUT2D eigenvalue weighted by Gasteiger charge is 2.17. The molecule has 0 unspecified atom stereocenters. The van der Waals surface area contributed by atoms with Crippen LogP contribution in [0, 0.1) is 0 Å². The van der Waals surface area contributed by atoms with E-state index in [4.69, 9.17) is 21.6 Å². The lowest BCUT2D eigenvalue weighted by Gasteiger charge is -2.20. The zero-order valence-corrected chi connectivity index (χ0v) is 18.5. The summed E-state index contributed by atoms with van der Waals surface area (Å²) in [7, 11) is 0. The Morgan fingerprint density at radius 2 is 1.69 bits per heavy atom. The first-order chi connectivity index (χ1) is 15.6. The van der Waals surface area contributed by atoms with Gasteiger partial charge in [0, 0.05) is 29.1 Å². The molecule has 0 spiro atoms. The lowest BCUT2D eigenvalue weighted by atomic mass is 10.1. The van der Waals surface area contributed by atoms with Crippen molar-refractivity contribution < 1.29 is 0 Å². The van der Waals surface area contributed by atoms with E-state index in [1.54, 1.807) is 18.5 Å². The van der Waals surface area contributed by atoms with Crippen LogP contribution in [0.2, 0.25) is 5.02 Å². The van der Waals surface area contributed by atoms with Crippen molar-refractivity contribution in [3.05, 3.63) is 89.5 Å². The third-order valence-corrected chi connectivity index (χ3v) is 5.24. The second-order valence-electron chi connectivity index (χ2n) is 7.69. The number of rotatable bonds is 4. The van der Waals surface area contributed by atoms with Gasteiger partial charge in [0.25, 0.3) is 0 Å². The monoisotopic (exact) mass is 440 g/mol. The summed E-state index contributed by atoms with van der Waals surface area (Å²) in [5.41, 5.74) is 5.49. The van der Waals surface area contributed by atoms with Crippen molar-refractivity contribution in [3.8, 4) is 17.1 Å². The van der Waals surface area contributed by atoms with Crippen LogP contribution in [0.25, 0.3) is 28.1 Å². The van der Waals surface area contributed by atoms with Crippen LogP contribution in [0.4, 0.5) is 11.6 Å². The van der Waals surface area contributed by atoms with Crippen molar-refractivity contribution >= 4 is 34.3 Å². The van der Waals surface area contributed by atoms with Gasteiger partial charge in [-0.3, -0.25) is 4.99 Å². The van der Waals surface area contributed by atoms with E-state index in [-0.39, 0.29) is 6.04 Å². The molecular formula is C25H21ClN6. The van der Waals surface area contributed by atoms with Gasteiger partial charge in [0.1, 0.15) is 0 Å². The molecule has 0 atom stereocenters. The lowest BCUT2D eigenvalue weighted by molar-refractivity contribution is 0.805. The van der Waals surface area contributed by atoms with Crippen molar-refractivity contribution in [1.29, 1.82) is 0 Å². The molecule has 5 rings (SSSR count). The molecule has 0 saturated carbocycles. The topological polar surface area (TPSA) is 68.0 Å². The smallest absolute Gasteiger partial charge is 0.227 e. The minimum Gasteiger partial charge on any atom is -0.322 e. The first-order valence-corrected chi connectivity index (χ1v) is 10.8. The van der Waals surface area contributed by atoms with Crippen LogP contribution in [0.3, 0.4) is 0 Å². The van der Waals surface area contributed by atoms with Crippen LogP contribution < -0.4 is 10.7 Å². The van der Waals surface area contributed by atoms with Crippen LogP contribution in [0.5, 0.6) is 0 Å². The van der Waals surface area contributed by atoms with E-state index in [1.165, 1.54) is 0 Å². The highest BCUT2D eigenvalue weighted by molar-refractivity contribution is 6.30. The van der Waals surface area contributed by atoms with E-state index >= 15 is 0 Å². The summed E-state index contributed by atoms with van der Waals surface area (Å²) in [6.45, 7) is 4.11. The van der Waals surface area contributed by atoms with Crippen LogP contribution in [-0.4, -0.2) is 25.6 Å². The van der Waals surface area contributed by atoms with E-state index in [0.717, 1.165) is 39.2 Å². The fourth-order valence-electron chi connectivity index (χ4n) is 3.68. The van der Waals surface area contributed by atoms with Crippen LogP contribution in [0.15, 0.2) is 84.1 Å². The molecule has 1 aliphatic carbocycles. The minimum absolute atomic E-state index is 0.113. The summed E-state index contributed by atoms with van der Waals surface area (Å²) in [6, 6.07) is 21.9. The number of aromatic nitrogens is 4. The SMILES string of the molecule is CC(C)/N=c1\cc2n(-c3ccc(Cl)cc3)c3ccccc3nc-2cc1Nc1ncccn1. The second kappa shape index (κ2) is 8.40. The van der Waals surface area contributed by atoms with Crippen molar-refractivity contribution in [2.45, 2.75) is 19.9 Å². The molecule has 32 heavy (non-hydrogen) atoms. The normalized spacial score (nSPS) is 12.1. The molecule has 2 heterocycles. The van der Waals surface area contributed by atoms with Crippen molar-refractivity contribution in [2.75, 3.05) is 5.32 Å². The summed E-state index contributed by atoms with van der Waals surface area (Å²) >= 11 is 6.16. The molecule has 3 aromatic rings. The fourth-order valence-corrected chi connectivity index (χ4v) is 3.81. The third-order valence-electron chi connectivity index (χ3n) is 4.99. The number of hydrogen-bond donors (Lipinski definition) is 1. The summed E-state index contributed by atoms with van der Waals surface area (Å²) in [5, 5.41) is 4.82. The molecule has 2 aliphatic rings. The van der Waals surface area contributed by atoms with Gasteiger partial charge < -0.3 is 9.88 Å². The van der Waals surface area contributed by atoms with Crippen molar-refractivity contribution in [1.82, 2.24) is 19.5 Å². The van der Waals surface area contributed by atoms with Crippen LogP contribution >= 0.6 is 11.6 Å². The van der Waals surface area contributed by atoms with E-state index in [9.17, 15) is 0 Å². The molecule has 0 fully saturated rings. The predicted octanol–water partition coefficient (Wildman–Crippen LogP) is 5.63. The molecule has 1 aromatic heterocycles. The van der Waals surface area contributed by atoms with E-state index < -0.39 is 0 Å². The van der Waals surface area contributed by atoms with Gasteiger partial charge in [0.05, 0.1) is 33.5 Å². The first-order valence-electron chi connectivity index (χ1n) is 10.4. The third kappa shape index (κ3) is 3.92. The number of benzene rings is 3. The Morgan fingerprint density at radius 1 is 0.938 bits per heavy atom. The molecule has 6 nitrogen and oxygen atoms in total.